The van der Waals surface area contributed by atoms with Crippen LogP contribution in [0, 0.1) is 0 Å². The Morgan fingerprint density at radius 3 is 2.29 bits per heavy atom. The summed E-state index contributed by atoms with van der Waals surface area (Å²) in [6, 6.07) is 16.6. The highest BCUT2D eigenvalue weighted by Gasteiger charge is 2.11. The molecule has 3 aromatic rings. The fourth-order valence-electron chi connectivity index (χ4n) is 2.30. The monoisotopic (exact) mass is 397 g/mol. The molecule has 7 nitrogen and oxygen atoms in total. The number of hydrogen-bond acceptors (Lipinski definition) is 4. The van der Waals surface area contributed by atoms with Gasteiger partial charge in [0.15, 0.2) is 0 Å². The summed E-state index contributed by atoms with van der Waals surface area (Å²) < 4.78 is 5.64. The van der Waals surface area contributed by atoms with Crippen LogP contribution < -0.4 is 21.1 Å². The maximum Gasteiger partial charge on any atom is 0.275 e. The van der Waals surface area contributed by atoms with Gasteiger partial charge in [-0.3, -0.25) is 25.2 Å². The first-order valence-corrected chi connectivity index (χ1v) is 8.66. The number of ether oxygens (including phenoxy) is 1. The van der Waals surface area contributed by atoms with Crippen LogP contribution in [-0.4, -0.2) is 16.8 Å². The highest BCUT2D eigenvalue weighted by atomic mass is 35.5. The lowest BCUT2D eigenvalue weighted by molar-refractivity contribution is 0.0846. The van der Waals surface area contributed by atoms with Crippen molar-refractivity contribution in [3.05, 3.63) is 98.9 Å². The lowest BCUT2D eigenvalue weighted by Crippen LogP contribution is -2.43. The summed E-state index contributed by atoms with van der Waals surface area (Å²) in [5.74, 6) is -0.529. The lowest BCUT2D eigenvalue weighted by atomic mass is 10.1. The van der Waals surface area contributed by atoms with Crippen molar-refractivity contribution in [2.75, 3.05) is 0 Å². The van der Waals surface area contributed by atoms with E-state index < -0.39 is 17.4 Å². The Labute approximate surface area is 165 Å². The predicted octanol–water partition coefficient (Wildman–Crippen LogP) is 2.68. The summed E-state index contributed by atoms with van der Waals surface area (Å²) in [6.07, 6.45) is 1.41. The van der Waals surface area contributed by atoms with Gasteiger partial charge in [-0.25, -0.2) is 0 Å². The van der Waals surface area contributed by atoms with E-state index in [2.05, 4.69) is 15.8 Å². The van der Waals surface area contributed by atoms with Gasteiger partial charge in [-0.1, -0.05) is 23.7 Å². The molecule has 0 aliphatic carbocycles. The zero-order chi connectivity index (χ0) is 19.9. The molecule has 0 aliphatic rings. The smallest absolute Gasteiger partial charge is 0.275 e. The fourth-order valence-corrected chi connectivity index (χ4v) is 2.43. The number of benzene rings is 2. The molecule has 0 unspecified atom stereocenters. The second-order valence-electron chi connectivity index (χ2n) is 5.76. The quantitative estimate of drug-likeness (QED) is 0.576. The van der Waals surface area contributed by atoms with E-state index in [1.165, 1.54) is 18.3 Å². The lowest BCUT2D eigenvalue weighted by Gasteiger charge is -2.09. The molecule has 0 saturated heterocycles. The number of pyridine rings is 1. The number of aromatic nitrogens is 1. The van der Waals surface area contributed by atoms with Crippen molar-refractivity contribution in [1.82, 2.24) is 15.8 Å². The number of hydrogen-bond donors (Lipinski definition) is 3. The van der Waals surface area contributed by atoms with E-state index in [1.807, 2.05) is 0 Å². The Balaban J connectivity index is 1.53. The normalized spacial score (nSPS) is 10.2. The molecule has 3 rings (SSSR count). The summed E-state index contributed by atoms with van der Waals surface area (Å²) >= 11 is 5.83. The van der Waals surface area contributed by atoms with E-state index >= 15 is 0 Å². The Kier molecular flexibility index (Phi) is 6.08. The average Bonchev–Trinajstić information content (AvgIpc) is 2.72. The summed E-state index contributed by atoms with van der Waals surface area (Å²) in [4.78, 5) is 38.0. The summed E-state index contributed by atoms with van der Waals surface area (Å²) in [5.41, 5.74) is 5.05. The molecular weight excluding hydrogens is 382 g/mol. The Morgan fingerprint density at radius 1 is 0.929 bits per heavy atom. The zero-order valence-corrected chi connectivity index (χ0v) is 15.3. The zero-order valence-electron chi connectivity index (χ0n) is 14.6. The van der Waals surface area contributed by atoms with Crippen molar-refractivity contribution in [3.8, 4) is 5.75 Å². The molecule has 28 heavy (non-hydrogen) atoms. The molecule has 8 heteroatoms. The molecule has 142 valence electrons. The number of rotatable bonds is 5. The van der Waals surface area contributed by atoms with Gasteiger partial charge in [-0.15, -0.1) is 0 Å². The van der Waals surface area contributed by atoms with Crippen LogP contribution in [0.25, 0.3) is 0 Å². The minimum atomic E-state index is -0.705. The van der Waals surface area contributed by atoms with Gasteiger partial charge in [0.2, 0.25) is 0 Å². The third kappa shape index (κ3) is 4.99. The molecule has 1 heterocycles. The molecule has 0 aliphatic heterocycles. The molecule has 0 radical (unpaired) electrons. The van der Waals surface area contributed by atoms with Crippen LogP contribution in [0.1, 0.15) is 26.3 Å². The molecule has 0 spiro atoms. The first kappa shape index (κ1) is 19.2. The maximum absolute atomic E-state index is 12.1. The van der Waals surface area contributed by atoms with Crippen molar-refractivity contribution in [2.24, 2.45) is 0 Å². The number of halogens is 1. The van der Waals surface area contributed by atoms with E-state index in [-0.39, 0.29) is 5.56 Å². The van der Waals surface area contributed by atoms with Crippen LogP contribution in [0.4, 0.5) is 0 Å². The third-order valence-corrected chi connectivity index (χ3v) is 4.04. The first-order valence-electron chi connectivity index (χ1n) is 8.28. The van der Waals surface area contributed by atoms with Gasteiger partial charge in [0.05, 0.1) is 0 Å². The van der Waals surface area contributed by atoms with Gasteiger partial charge in [0.1, 0.15) is 17.9 Å². The molecule has 2 aromatic carbocycles. The van der Waals surface area contributed by atoms with Crippen LogP contribution in [0.5, 0.6) is 5.75 Å². The topological polar surface area (TPSA) is 100 Å². The second-order valence-corrected chi connectivity index (χ2v) is 6.20. The number of carbonyl (C=O) groups excluding carboxylic acids is 2. The molecule has 1 aromatic heterocycles. The van der Waals surface area contributed by atoms with Gasteiger partial charge in [-0.2, -0.15) is 0 Å². The van der Waals surface area contributed by atoms with E-state index in [0.717, 1.165) is 5.56 Å². The van der Waals surface area contributed by atoms with Crippen molar-refractivity contribution < 1.29 is 14.3 Å². The van der Waals surface area contributed by atoms with Crippen molar-refractivity contribution in [2.45, 2.75) is 6.61 Å². The van der Waals surface area contributed by atoms with Crippen molar-refractivity contribution in [3.63, 3.8) is 0 Å². The van der Waals surface area contributed by atoms with Gasteiger partial charge < -0.3 is 9.72 Å². The van der Waals surface area contributed by atoms with Crippen LogP contribution in [0.15, 0.2) is 71.7 Å². The van der Waals surface area contributed by atoms with E-state index in [1.54, 1.807) is 48.5 Å². The first-order chi connectivity index (χ1) is 13.5. The van der Waals surface area contributed by atoms with Gasteiger partial charge in [0.25, 0.3) is 17.4 Å². The maximum atomic E-state index is 12.1. The molecule has 2 amide bonds. The van der Waals surface area contributed by atoms with Crippen LogP contribution in [0.2, 0.25) is 5.02 Å². The number of nitrogens with one attached hydrogen (secondary N) is 3. The Morgan fingerprint density at radius 2 is 1.61 bits per heavy atom. The van der Waals surface area contributed by atoms with Crippen molar-refractivity contribution in [1.29, 1.82) is 0 Å². The SMILES string of the molecule is O=C(NNC(=O)c1ccc[nH]c1=O)c1ccc(COc2ccc(Cl)cc2)cc1. The van der Waals surface area contributed by atoms with E-state index in [4.69, 9.17) is 16.3 Å². The van der Waals surface area contributed by atoms with Gasteiger partial charge in [0, 0.05) is 16.8 Å². The Hall–Kier alpha value is -3.58. The highest BCUT2D eigenvalue weighted by molar-refractivity contribution is 6.30. The summed E-state index contributed by atoms with van der Waals surface area (Å²) in [7, 11) is 0. The van der Waals surface area contributed by atoms with Crippen molar-refractivity contribution >= 4 is 23.4 Å². The second kappa shape index (κ2) is 8.88. The number of amides is 2. The summed E-state index contributed by atoms with van der Waals surface area (Å²) in [6.45, 7) is 0.330. The highest BCUT2D eigenvalue weighted by Crippen LogP contribution is 2.17. The van der Waals surface area contributed by atoms with Crippen LogP contribution in [-0.2, 0) is 6.61 Å². The fraction of sp³-hybridized carbons (Fsp3) is 0.0500. The van der Waals surface area contributed by atoms with E-state index in [0.29, 0.717) is 22.9 Å². The minimum absolute atomic E-state index is 0.0995. The predicted molar refractivity (Wildman–Crippen MR) is 104 cm³/mol. The van der Waals surface area contributed by atoms with Gasteiger partial charge in [-0.05, 0) is 54.1 Å². The molecule has 0 saturated carbocycles. The molecule has 3 N–H and O–H groups in total. The minimum Gasteiger partial charge on any atom is -0.489 e. The number of aromatic amines is 1. The van der Waals surface area contributed by atoms with Gasteiger partial charge >= 0.3 is 0 Å². The molecule has 0 atom stereocenters. The third-order valence-electron chi connectivity index (χ3n) is 3.79. The Bertz CT molecular complexity index is 1030. The largest absolute Gasteiger partial charge is 0.489 e. The van der Waals surface area contributed by atoms with E-state index in [9.17, 15) is 14.4 Å². The average molecular weight is 398 g/mol. The summed E-state index contributed by atoms with van der Waals surface area (Å²) in [5, 5.41) is 0.631. The number of carbonyl (C=O) groups is 2. The molecule has 0 bridgehead atoms. The number of H-pyrrole nitrogens is 1. The van der Waals surface area contributed by atoms with Crippen LogP contribution >= 0.6 is 11.6 Å². The number of hydrazine groups is 1. The molecule has 0 fully saturated rings. The van der Waals surface area contributed by atoms with Crippen LogP contribution in [0.3, 0.4) is 0 Å². The molecular formula is C20H16ClN3O4. The standard InChI is InChI=1S/C20H16ClN3O4/c21-15-7-9-16(10-8-15)28-12-13-3-5-14(6-4-13)18(25)23-24-20(27)17-2-1-11-22-19(17)26/h1-11H,12H2,(H,22,26)(H,23,25)(H,24,27).